The van der Waals surface area contributed by atoms with Crippen molar-refractivity contribution >= 4 is 17.5 Å². The van der Waals surface area contributed by atoms with E-state index in [2.05, 4.69) is 5.32 Å². The molecule has 19 heavy (non-hydrogen) atoms. The highest BCUT2D eigenvalue weighted by atomic mass is 16.5. The quantitative estimate of drug-likeness (QED) is 0.648. The Morgan fingerprint density at radius 1 is 1.32 bits per heavy atom. The molecule has 6 heteroatoms. The molecule has 0 aliphatic heterocycles. The van der Waals surface area contributed by atoms with E-state index < -0.39 is 11.4 Å². The Balaban J connectivity index is 2.40. The molecule has 0 saturated heterocycles. The number of nitrogens with two attached hydrogens (primary N) is 2. The first-order valence-corrected chi connectivity index (χ1v) is 5.91. The van der Waals surface area contributed by atoms with Crippen molar-refractivity contribution < 1.29 is 14.3 Å². The molecule has 0 spiro atoms. The van der Waals surface area contributed by atoms with E-state index in [-0.39, 0.29) is 18.9 Å². The van der Waals surface area contributed by atoms with Crippen LogP contribution in [-0.4, -0.2) is 24.0 Å². The molecule has 0 aliphatic rings. The average molecular weight is 265 g/mol. The number of nitrogens with one attached hydrogen (secondary N) is 1. The summed E-state index contributed by atoms with van der Waals surface area (Å²) < 4.78 is 5.38. The number of nitrogen functional groups attached to an aromatic ring is 1. The molecule has 5 N–H and O–H groups in total. The lowest BCUT2D eigenvalue weighted by molar-refractivity contribution is -0.130. The molecule has 0 atom stereocenters. The van der Waals surface area contributed by atoms with Crippen molar-refractivity contribution in [3.8, 4) is 5.75 Å². The highest BCUT2D eigenvalue weighted by Crippen LogP contribution is 2.19. The van der Waals surface area contributed by atoms with Gasteiger partial charge < -0.3 is 21.5 Å². The predicted molar refractivity (Wildman–Crippen MR) is 72.4 cm³/mol. The number of hydrogen-bond acceptors (Lipinski definition) is 4. The Kier molecular flexibility index (Phi) is 4.74. The maximum absolute atomic E-state index is 11.6. The molecule has 0 aromatic heterocycles. The van der Waals surface area contributed by atoms with E-state index >= 15 is 0 Å². The lowest BCUT2D eigenvalue weighted by Gasteiger charge is -2.22. The highest BCUT2D eigenvalue weighted by molar-refractivity contribution is 5.89. The molecule has 104 valence electrons. The predicted octanol–water partition coefficient (Wildman–Crippen LogP) is 0.418. The second-order valence-corrected chi connectivity index (χ2v) is 4.67. The molecular formula is C13H19N3O3. The van der Waals surface area contributed by atoms with Gasteiger partial charge in [0.1, 0.15) is 11.3 Å². The van der Waals surface area contributed by atoms with Crippen molar-refractivity contribution in [1.29, 1.82) is 0 Å². The molecule has 2 amide bonds. The Bertz CT molecular complexity index is 472. The van der Waals surface area contributed by atoms with Crippen LogP contribution in [0, 0.1) is 0 Å². The maximum atomic E-state index is 11.6. The number of amides is 2. The number of anilines is 1. The van der Waals surface area contributed by atoms with Crippen LogP contribution in [0.3, 0.4) is 0 Å². The lowest BCUT2D eigenvalue weighted by Crippen LogP contribution is -2.53. The summed E-state index contributed by atoms with van der Waals surface area (Å²) in [4.78, 5) is 22.7. The van der Waals surface area contributed by atoms with E-state index in [0.717, 1.165) is 0 Å². The maximum Gasteiger partial charge on any atom is 0.242 e. The van der Waals surface area contributed by atoms with Crippen molar-refractivity contribution in [3.05, 3.63) is 24.3 Å². The minimum absolute atomic E-state index is 0.116. The Labute approximate surface area is 112 Å². The van der Waals surface area contributed by atoms with Crippen LogP contribution < -0.4 is 21.5 Å². The summed E-state index contributed by atoms with van der Waals surface area (Å²) in [5.74, 6) is -0.364. The largest absolute Gasteiger partial charge is 0.491 e. The standard InChI is InChI=1S/C13H19N3O3/c1-13(2,12(15)18)16-11(17)7-8-19-10-6-4-3-5-9(10)14/h3-6H,7-8,14H2,1-2H3,(H2,15,18)(H,16,17). The first-order valence-electron chi connectivity index (χ1n) is 5.91. The van der Waals surface area contributed by atoms with Gasteiger partial charge in [-0.1, -0.05) is 12.1 Å². The smallest absolute Gasteiger partial charge is 0.242 e. The van der Waals surface area contributed by atoms with Crippen molar-refractivity contribution in [2.24, 2.45) is 5.73 Å². The molecule has 0 unspecified atom stereocenters. The van der Waals surface area contributed by atoms with Crippen LogP contribution in [0.5, 0.6) is 5.75 Å². The summed E-state index contributed by atoms with van der Waals surface area (Å²) in [6.45, 7) is 3.27. The van der Waals surface area contributed by atoms with Gasteiger partial charge in [-0.05, 0) is 26.0 Å². The van der Waals surface area contributed by atoms with Crippen LogP contribution in [0.15, 0.2) is 24.3 Å². The third-order valence-corrected chi connectivity index (χ3v) is 2.57. The second kappa shape index (κ2) is 6.08. The number of rotatable bonds is 6. The van der Waals surface area contributed by atoms with Gasteiger partial charge in [-0.15, -0.1) is 0 Å². The zero-order valence-corrected chi connectivity index (χ0v) is 11.1. The number of benzene rings is 1. The number of hydrogen-bond donors (Lipinski definition) is 3. The van der Waals surface area contributed by atoms with Gasteiger partial charge >= 0.3 is 0 Å². The van der Waals surface area contributed by atoms with E-state index in [9.17, 15) is 9.59 Å². The number of para-hydroxylation sites is 2. The summed E-state index contributed by atoms with van der Waals surface area (Å²) in [5, 5.41) is 2.53. The molecule has 0 heterocycles. The minimum Gasteiger partial charge on any atom is -0.491 e. The van der Waals surface area contributed by atoms with Crippen LogP contribution >= 0.6 is 0 Å². The van der Waals surface area contributed by atoms with Crippen LogP contribution in [-0.2, 0) is 9.59 Å². The summed E-state index contributed by atoms with van der Waals surface area (Å²) in [7, 11) is 0. The Morgan fingerprint density at radius 3 is 2.53 bits per heavy atom. The third-order valence-electron chi connectivity index (χ3n) is 2.57. The number of primary amides is 1. The summed E-state index contributed by atoms with van der Waals surface area (Å²) in [6, 6.07) is 7.03. The molecule has 0 fully saturated rings. The minimum atomic E-state index is -1.07. The fourth-order valence-corrected chi connectivity index (χ4v) is 1.34. The van der Waals surface area contributed by atoms with Gasteiger partial charge in [-0.2, -0.15) is 0 Å². The average Bonchev–Trinajstić information content (AvgIpc) is 2.30. The molecule has 0 radical (unpaired) electrons. The van der Waals surface area contributed by atoms with E-state index in [1.165, 1.54) is 0 Å². The molecule has 0 bridgehead atoms. The molecule has 0 saturated carbocycles. The van der Waals surface area contributed by atoms with Gasteiger partial charge in [0.05, 0.1) is 18.7 Å². The first-order chi connectivity index (χ1) is 8.83. The second-order valence-electron chi connectivity index (χ2n) is 4.67. The highest BCUT2D eigenvalue weighted by Gasteiger charge is 2.26. The summed E-state index contributed by atoms with van der Waals surface area (Å²) in [5.41, 5.74) is 10.3. The summed E-state index contributed by atoms with van der Waals surface area (Å²) >= 11 is 0. The topological polar surface area (TPSA) is 107 Å². The fraction of sp³-hybridized carbons (Fsp3) is 0.385. The normalized spacial score (nSPS) is 10.8. The van der Waals surface area contributed by atoms with Gasteiger partial charge in [0.15, 0.2) is 0 Å². The summed E-state index contributed by atoms with van der Waals surface area (Å²) in [6.07, 6.45) is 0.116. The molecule has 1 aromatic rings. The number of carbonyl (C=O) groups excluding carboxylic acids is 2. The van der Waals surface area contributed by atoms with E-state index in [4.69, 9.17) is 16.2 Å². The first kappa shape index (κ1) is 14.8. The number of carbonyl (C=O) groups is 2. The molecular weight excluding hydrogens is 246 g/mol. The Hall–Kier alpha value is -2.24. The SMILES string of the molecule is CC(C)(NC(=O)CCOc1ccccc1N)C(N)=O. The van der Waals surface area contributed by atoms with Gasteiger partial charge in [-0.25, -0.2) is 0 Å². The molecule has 1 rings (SSSR count). The zero-order valence-electron chi connectivity index (χ0n) is 11.1. The monoisotopic (exact) mass is 265 g/mol. The molecule has 0 aliphatic carbocycles. The van der Waals surface area contributed by atoms with Crippen LogP contribution in [0.4, 0.5) is 5.69 Å². The van der Waals surface area contributed by atoms with Gasteiger partial charge in [0.25, 0.3) is 0 Å². The van der Waals surface area contributed by atoms with Crippen molar-refractivity contribution in [2.45, 2.75) is 25.8 Å². The zero-order chi connectivity index (χ0) is 14.5. The molecule has 1 aromatic carbocycles. The van der Waals surface area contributed by atoms with Gasteiger partial charge in [-0.3, -0.25) is 9.59 Å². The van der Waals surface area contributed by atoms with Crippen molar-refractivity contribution in [2.75, 3.05) is 12.3 Å². The van der Waals surface area contributed by atoms with Gasteiger partial charge in [0, 0.05) is 0 Å². The third kappa shape index (κ3) is 4.50. The van der Waals surface area contributed by atoms with Crippen molar-refractivity contribution in [3.63, 3.8) is 0 Å². The van der Waals surface area contributed by atoms with Crippen molar-refractivity contribution in [1.82, 2.24) is 5.32 Å². The van der Waals surface area contributed by atoms with Crippen LogP contribution in [0.2, 0.25) is 0 Å². The Morgan fingerprint density at radius 2 is 1.95 bits per heavy atom. The van der Waals surface area contributed by atoms with E-state index in [0.29, 0.717) is 11.4 Å². The van der Waals surface area contributed by atoms with Gasteiger partial charge in [0.2, 0.25) is 11.8 Å². The number of ether oxygens (including phenoxy) is 1. The van der Waals surface area contributed by atoms with E-state index in [1.807, 2.05) is 0 Å². The van der Waals surface area contributed by atoms with E-state index in [1.54, 1.807) is 38.1 Å². The van der Waals surface area contributed by atoms with Crippen LogP contribution in [0.25, 0.3) is 0 Å². The molecule has 6 nitrogen and oxygen atoms in total. The van der Waals surface area contributed by atoms with Crippen LogP contribution in [0.1, 0.15) is 20.3 Å². The fourth-order valence-electron chi connectivity index (χ4n) is 1.34. The lowest BCUT2D eigenvalue weighted by atomic mass is 10.1.